The molecule has 0 saturated carbocycles. The summed E-state index contributed by atoms with van der Waals surface area (Å²) in [6, 6.07) is 0. The van der Waals surface area contributed by atoms with Crippen molar-refractivity contribution >= 4 is 31.9 Å². The second-order valence-corrected chi connectivity index (χ2v) is 3.45. The quantitative estimate of drug-likeness (QED) is 0.588. The van der Waals surface area contributed by atoms with Crippen molar-refractivity contribution in [1.29, 1.82) is 0 Å². The van der Waals surface area contributed by atoms with Crippen LogP contribution in [0, 0.1) is 0 Å². The lowest BCUT2D eigenvalue weighted by atomic mass is 10.5. The molecule has 1 atom stereocenters. The van der Waals surface area contributed by atoms with Crippen LogP contribution in [-0.4, -0.2) is 4.83 Å². The van der Waals surface area contributed by atoms with Crippen molar-refractivity contribution in [3.05, 3.63) is 11.1 Å². The standard InChI is InChI=1S/C4H6Br2/c1-3(5)4(2)6/h4H,1H2,2H3. The van der Waals surface area contributed by atoms with Gasteiger partial charge in [0.2, 0.25) is 0 Å². The summed E-state index contributed by atoms with van der Waals surface area (Å²) in [5.74, 6) is 0. The number of halogens is 2. The Labute approximate surface area is 54.9 Å². The van der Waals surface area contributed by atoms with Gasteiger partial charge in [-0.1, -0.05) is 38.4 Å². The zero-order chi connectivity index (χ0) is 5.15. The van der Waals surface area contributed by atoms with Crippen molar-refractivity contribution in [2.24, 2.45) is 0 Å². The number of hydrogen-bond donors (Lipinski definition) is 0. The fourth-order valence-corrected chi connectivity index (χ4v) is 0. The van der Waals surface area contributed by atoms with E-state index < -0.39 is 0 Å². The van der Waals surface area contributed by atoms with Crippen LogP contribution in [0.4, 0.5) is 0 Å². The Balaban J connectivity index is 3.26. The van der Waals surface area contributed by atoms with Crippen LogP contribution in [0.15, 0.2) is 11.1 Å². The fraction of sp³-hybridized carbons (Fsp3) is 0.500. The van der Waals surface area contributed by atoms with Gasteiger partial charge < -0.3 is 0 Å². The molecule has 0 aromatic heterocycles. The molecule has 1 unspecified atom stereocenters. The minimum Gasteiger partial charge on any atom is -0.0877 e. The van der Waals surface area contributed by atoms with E-state index in [9.17, 15) is 0 Å². The van der Waals surface area contributed by atoms with Gasteiger partial charge in [-0.25, -0.2) is 0 Å². The maximum absolute atomic E-state index is 3.62. The van der Waals surface area contributed by atoms with E-state index in [4.69, 9.17) is 0 Å². The van der Waals surface area contributed by atoms with Crippen molar-refractivity contribution < 1.29 is 0 Å². The van der Waals surface area contributed by atoms with Gasteiger partial charge in [0.15, 0.2) is 0 Å². The number of hydrogen-bond acceptors (Lipinski definition) is 0. The SMILES string of the molecule is C=C(Br)C(C)Br. The third-order valence-corrected chi connectivity index (χ3v) is 2.29. The molecular formula is C4H6Br2. The van der Waals surface area contributed by atoms with Gasteiger partial charge in [-0.05, 0) is 6.92 Å². The Morgan fingerprint density at radius 2 is 2.00 bits per heavy atom. The highest BCUT2D eigenvalue weighted by atomic mass is 79.9. The molecule has 0 saturated heterocycles. The summed E-state index contributed by atoms with van der Waals surface area (Å²) in [6.45, 7) is 5.64. The summed E-state index contributed by atoms with van der Waals surface area (Å²) >= 11 is 6.49. The Kier molecular flexibility index (Phi) is 3.13. The zero-order valence-electron chi connectivity index (χ0n) is 3.54. The van der Waals surface area contributed by atoms with E-state index >= 15 is 0 Å². The largest absolute Gasteiger partial charge is 0.0877 e. The van der Waals surface area contributed by atoms with Crippen LogP contribution in [0.5, 0.6) is 0 Å². The first kappa shape index (κ1) is 6.70. The van der Waals surface area contributed by atoms with Gasteiger partial charge in [-0.2, -0.15) is 0 Å². The minimum absolute atomic E-state index is 0.387. The summed E-state index contributed by atoms with van der Waals surface area (Å²) in [5.41, 5.74) is 0. The van der Waals surface area contributed by atoms with Crippen LogP contribution in [-0.2, 0) is 0 Å². The Bertz CT molecular complexity index is 56.6. The molecule has 0 radical (unpaired) electrons. The van der Waals surface area contributed by atoms with Crippen LogP contribution in [0.2, 0.25) is 0 Å². The van der Waals surface area contributed by atoms with Crippen LogP contribution in [0.1, 0.15) is 6.92 Å². The predicted octanol–water partition coefficient (Wildman–Crippen LogP) is 2.68. The first-order chi connectivity index (χ1) is 2.64. The summed E-state index contributed by atoms with van der Waals surface area (Å²) < 4.78 is 0.988. The highest BCUT2D eigenvalue weighted by Gasteiger charge is 1.92. The smallest absolute Gasteiger partial charge is 0.0427 e. The highest BCUT2D eigenvalue weighted by molar-refractivity contribution is 9.14. The topological polar surface area (TPSA) is 0 Å². The van der Waals surface area contributed by atoms with Crippen molar-refractivity contribution in [3.8, 4) is 0 Å². The summed E-state index contributed by atoms with van der Waals surface area (Å²) in [5, 5.41) is 0. The lowest BCUT2D eigenvalue weighted by molar-refractivity contribution is 1.27. The lowest BCUT2D eigenvalue weighted by Crippen LogP contribution is -1.82. The molecule has 6 heavy (non-hydrogen) atoms. The van der Waals surface area contributed by atoms with Crippen molar-refractivity contribution in [3.63, 3.8) is 0 Å². The molecule has 0 N–H and O–H groups in total. The monoisotopic (exact) mass is 212 g/mol. The molecule has 0 rings (SSSR count). The predicted molar refractivity (Wildman–Crippen MR) is 36.5 cm³/mol. The average Bonchev–Trinajstić information content (AvgIpc) is 1.36. The zero-order valence-corrected chi connectivity index (χ0v) is 6.71. The minimum atomic E-state index is 0.387. The van der Waals surface area contributed by atoms with Gasteiger partial charge in [0.1, 0.15) is 0 Å². The molecule has 0 spiro atoms. The van der Waals surface area contributed by atoms with E-state index in [0.717, 1.165) is 4.48 Å². The molecule has 36 valence electrons. The van der Waals surface area contributed by atoms with Crippen LogP contribution in [0.25, 0.3) is 0 Å². The third-order valence-electron chi connectivity index (χ3n) is 0.432. The van der Waals surface area contributed by atoms with E-state index in [1.54, 1.807) is 0 Å². The first-order valence-electron chi connectivity index (χ1n) is 1.63. The molecule has 0 bridgehead atoms. The van der Waals surface area contributed by atoms with E-state index in [-0.39, 0.29) is 0 Å². The van der Waals surface area contributed by atoms with E-state index in [0.29, 0.717) is 4.83 Å². The fourth-order valence-electron chi connectivity index (χ4n) is 0. The highest BCUT2D eigenvalue weighted by Crippen LogP contribution is 2.13. The molecule has 0 fully saturated rings. The van der Waals surface area contributed by atoms with Crippen LogP contribution >= 0.6 is 31.9 Å². The molecule has 0 aliphatic heterocycles. The average molecular weight is 214 g/mol. The van der Waals surface area contributed by atoms with Crippen LogP contribution in [0.3, 0.4) is 0 Å². The maximum atomic E-state index is 3.62. The van der Waals surface area contributed by atoms with Gasteiger partial charge in [0.25, 0.3) is 0 Å². The van der Waals surface area contributed by atoms with Gasteiger partial charge in [0.05, 0.1) is 0 Å². The second-order valence-electron chi connectivity index (χ2n) is 1.06. The summed E-state index contributed by atoms with van der Waals surface area (Å²) in [6.07, 6.45) is 0. The Morgan fingerprint density at radius 3 is 2.00 bits per heavy atom. The van der Waals surface area contributed by atoms with E-state index in [2.05, 4.69) is 38.4 Å². The molecule has 0 aromatic carbocycles. The molecular weight excluding hydrogens is 208 g/mol. The maximum Gasteiger partial charge on any atom is 0.0427 e. The molecule has 0 aromatic rings. The number of alkyl halides is 1. The van der Waals surface area contributed by atoms with Gasteiger partial charge >= 0.3 is 0 Å². The lowest BCUT2D eigenvalue weighted by Gasteiger charge is -1.92. The summed E-state index contributed by atoms with van der Waals surface area (Å²) in [4.78, 5) is 0.387. The number of rotatable bonds is 1. The molecule has 0 amide bonds. The Morgan fingerprint density at radius 1 is 1.83 bits per heavy atom. The summed E-state index contributed by atoms with van der Waals surface area (Å²) in [7, 11) is 0. The van der Waals surface area contributed by atoms with Gasteiger partial charge in [0, 0.05) is 9.31 Å². The van der Waals surface area contributed by atoms with E-state index in [1.807, 2.05) is 6.92 Å². The molecule has 2 heteroatoms. The van der Waals surface area contributed by atoms with Crippen molar-refractivity contribution in [1.82, 2.24) is 0 Å². The van der Waals surface area contributed by atoms with Gasteiger partial charge in [-0.3, -0.25) is 0 Å². The van der Waals surface area contributed by atoms with Gasteiger partial charge in [-0.15, -0.1) is 0 Å². The second kappa shape index (κ2) is 2.80. The van der Waals surface area contributed by atoms with Crippen molar-refractivity contribution in [2.45, 2.75) is 11.8 Å². The third kappa shape index (κ3) is 2.91. The van der Waals surface area contributed by atoms with Crippen molar-refractivity contribution in [2.75, 3.05) is 0 Å². The molecule has 0 nitrogen and oxygen atoms in total. The van der Waals surface area contributed by atoms with Crippen LogP contribution < -0.4 is 0 Å². The normalized spacial score (nSPS) is 13.8. The molecule has 0 heterocycles. The molecule has 0 aliphatic carbocycles. The first-order valence-corrected chi connectivity index (χ1v) is 3.34. The molecule has 0 aliphatic rings. The number of allylic oxidation sites excluding steroid dienone is 1. The Hall–Kier alpha value is 0.700. The van der Waals surface area contributed by atoms with E-state index in [1.165, 1.54) is 0 Å².